The standard InChI is InChI=1S/C23H23N3O6/c1-3-31-17-10-6-4-8-14(17)21-20-16(13-32-22(20)28)26(23(29)25-21)12-19(27)24-15-9-5-7-11-18(15)30-2/h4-11,21H,3,12-13H2,1-2H3,(H,24,27)(H,25,29)/t21-/m1/s1. The van der Waals surface area contributed by atoms with Gasteiger partial charge in [-0.3, -0.25) is 9.69 Å². The number of carbonyl (C=O) groups excluding carboxylic acids is 3. The van der Waals surface area contributed by atoms with Crippen LogP contribution in [-0.2, 0) is 14.3 Å². The van der Waals surface area contributed by atoms with Crippen molar-refractivity contribution in [2.45, 2.75) is 13.0 Å². The highest BCUT2D eigenvalue weighted by molar-refractivity contribution is 6.00. The zero-order valence-electron chi connectivity index (χ0n) is 17.7. The van der Waals surface area contributed by atoms with Gasteiger partial charge in [-0.15, -0.1) is 0 Å². The molecule has 0 unspecified atom stereocenters. The first kappa shape index (κ1) is 21.2. The molecule has 9 nitrogen and oxygen atoms in total. The maximum absolute atomic E-state index is 13.0. The molecule has 2 aliphatic rings. The van der Waals surface area contributed by atoms with Gasteiger partial charge in [0.2, 0.25) is 5.91 Å². The van der Waals surface area contributed by atoms with Crippen molar-refractivity contribution in [1.29, 1.82) is 0 Å². The zero-order valence-corrected chi connectivity index (χ0v) is 17.7. The molecule has 0 aromatic heterocycles. The number of amides is 3. The molecule has 2 heterocycles. The lowest BCUT2D eigenvalue weighted by Gasteiger charge is -2.33. The van der Waals surface area contributed by atoms with Crippen LogP contribution in [0.5, 0.6) is 11.5 Å². The number of anilines is 1. The number of hydrogen-bond acceptors (Lipinski definition) is 6. The summed E-state index contributed by atoms with van der Waals surface area (Å²) in [5.74, 6) is 0.0838. The Labute approximate surface area is 184 Å². The van der Waals surface area contributed by atoms with Gasteiger partial charge in [0.1, 0.15) is 24.7 Å². The Kier molecular flexibility index (Phi) is 5.98. The summed E-state index contributed by atoms with van der Waals surface area (Å²) in [4.78, 5) is 39.5. The second-order valence-electron chi connectivity index (χ2n) is 7.12. The van der Waals surface area contributed by atoms with E-state index < -0.39 is 23.9 Å². The van der Waals surface area contributed by atoms with Crippen LogP contribution in [-0.4, -0.2) is 49.7 Å². The summed E-state index contributed by atoms with van der Waals surface area (Å²) in [5, 5.41) is 5.55. The number of para-hydroxylation sites is 3. The highest BCUT2D eigenvalue weighted by Crippen LogP contribution is 2.38. The van der Waals surface area contributed by atoms with E-state index in [1.54, 1.807) is 42.5 Å². The minimum Gasteiger partial charge on any atom is -0.495 e. The van der Waals surface area contributed by atoms with Crippen LogP contribution in [0.2, 0.25) is 0 Å². The topological polar surface area (TPSA) is 106 Å². The minimum absolute atomic E-state index is 0.0865. The fourth-order valence-corrected chi connectivity index (χ4v) is 3.80. The van der Waals surface area contributed by atoms with Crippen LogP contribution in [0, 0.1) is 0 Å². The van der Waals surface area contributed by atoms with Crippen molar-refractivity contribution in [2.75, 3.05) is 32.2 Å². The van der Waals surface area contributed by atoms with E-state index in [0.717, 1.165) is 0 Å². The Bertz CT molecular complexity index is 1100. The summed E-state index contributed by atoms with van der Waals surface area (Å²) in [6.45, 7) is 1.91. The number of ether oxygens (including phenoxy) is 3. The van der Waals surface area contributed by atoms with Gasteiger partial charge in [-0.05, 0) is 25.1 Å². The lowest BCUT2D eigenvalue weighted by atomic mass is 9.95. The number of methoxy groups -OCH3 is 1. The number of nitrogens with one attached hydrogen (secondary N) is 2. The quantitative estimate of drug-likeness (QED) is 0.645. The Morgan fingerprint density at radius 3 is 2.62 bits per heavy atom. The number of cyclic esters (lactones) is 1. The molecule has 2 N–H and O–H groups in total. The third kappa shape index (κ3) is 3.96. The molecule has 166 valence electrons. The van der Waals surface area contributed by atoms with Crippen molar-refractivity contribution in [3.63, 3.8) is 0 Å². The molecule has 0 fully saturated rings. The summed E-state index contributed by atoms with van der Waals surface area (Å²) in [5.41, 5.74) is 1.79. The van der Waals surface area contributed by atoms with Crippen LogP contribution >= 0.6 is 0 Å². The Morgan fingerprint density at radius 1 is 1.16 bits per heavy atom. The first-order valence-electron chi connectivity index (χ1n) is 10.2. The molecule has 0 aliphatic carbocycles. The Morgan fingerprint density at radius 2 is 1.88 bits per heavy atom. The summed E-state index contributed by atoms with van der Waals surface area (Å²) >= 11 is 0. The van der Waals surface area contributed by atoms with Gasteiger partial charge in [-0.1, -0.05) is 30.3 Å². The third-order valence-corrected chi connectivity index (χ3v) is 5.21. The molecule has 9 heteroatoms. The molecule has 2 aromatic rings. The normalized spacial score (nSPS) is 17.4. The molecule has 0 bridgehead atoms. The van der Waals surface area contributed by atoms with Crippen LogP contribution in [0.25, 0.3) is 0 Å². The van der Waals surface area contributed by atoms with Crippen molar-refractivity contribution in [2.24, 2.45) is 0 Å². The molecular weight excluding hydrogens is 414 g/mol. The lowest BCUT2D eigenvalue weighted by Crippen LogP contribution is -2.49. The van der Waals surface area contributed by atoms with Gasteiger partial charge in [-0.25, -0.2) is 9.59 Å². The maximum atomic E-state index is 13.0. The van der Waals surface area contributed by atoms with Gasteiger partial charge >= 0.3 is 12.0 Å². The fourth-order valence-electron chi connectivity index (χ4n) is 3.80. The van der Waals surface area contributed by atoms with E-state index in [1.807, 2.05) is 13.0 Å². The number of urea groups is 1. The molecule has 3 amide bonds. The van der Waals surface area contributed by atoms with Crippen LogP contribution in [0.4, 0.5) is 10.5 Å². The van der Waals surface area contributed by atoms with Crippen molar-refractivity contribution < 1.29 is 28.6 Å². The third-order valence-electron chi connectivity index (χ3n) is 5.21. The van der Waals surface area contributed by atoms with Gasteiger partial charge in [0.05, 0.1) is 36.7 Å². The number of rotatable bonds is 7. The molecule has 32 heavy (non-hydrogen) atoms. The van der Waals surface area contributed by atoms with E-state index >= 15 is 0 Å². The van der Waals surface area contributed by atoms with Crippen LogP contribution in [0.15, 0.2) is 59.8 Å². The highest BCUT2D eigenvalue weighted by Gasteiger charge is 2.43. The van der Waals surface area contributed by atoms with E-state index in [2.05, 4.69) is 10.6 Å². The fraction of sp³-hybridized carbons (Fsp3) is 0.261. The zero-order chi connectivity index (χ0) is 22.7. The van der Waals surface area contributed by atoms with Crippen molar-refractivity contribution in [1.82, 2.24) is 10.2 Å². The maximum Gasteiger partial charge on any atom is 0.338 e. The molecule has 1 atom stereocenters. The molecule has 0 saturated carbocycles. The predicted octanol–water partition coefficient (Wildman–Crippen LogP) is 2.61. The van der Waals surface area contributed by atoms with Gasteiger partial charge < -0.3 is 24.8 Å². The van der Waals surface area contributed by atoms with E-state index in [4.69, 9.17) is 14.2 Å². The van der Waals surface area contributed by atoms with Crippen molar-refractivity contribution in [3.05, 3.63) is 65.4 Å². The molecule has 4 rings (SSSR count). The van der Waals surface area contributed by atoms with Crippen LogP contribution in [0.1, 0.15) is 18.5 Å². The highest BCUT2D eigenvalue weighted by atomic mass is 16.5. The van der Waals surface area contributed by atoms with E-state index in [9.17, 15) is 14.4 Å². The second kappa shape index (κ2) is 9.01. The largest absolute Gasteiger partial charge is 0.495 e. The second-order valence-corrected chi connectivity index (χ2v) is 7.12. The first-order chi connectivity index (χ1) is 15.5. The summed E-state index contributed by atoms with van der Waals surface area (Å²) in [7, 11) is 1.50. The molecule has 0 saturated heterocycles. The summed E-state index contributed by atoms with van der Waals surface area (Å²) in [6, 6.07) is 12.9. The molecule has 2 aromatic carbocycles. The first-order valence-corrected chi connectivity index (χ1v) is 10.2. The van der Waals surface area contributed by atoms with E-state index in [-0.39, 0.29) is 13.2 Å². The number of carbonyl (C=O) groups is 3. The van der Waals surface area contributed by atoms with Gasteiger partial charge in [0.25, 0.3) is 0 Å². The number of esters is 1. The smallest absolute Gasteiger partial charge is 0.338 e. The van der Waals surface area contributed by atoms with E-state index in [0.29, 0.717) is 40.6 Å². The number of hydrogen-bond donors (Lipinski definition) is 2. The molecule has 0 spiro atoms. The Hall–Kier alpha value is -4.01. The van der Waals surface area contributed by atoms with Crippen molar-refractivity contribution in [3.8, 4) is 11.5 Å². The summed E-state index contributed by atoms with van der Waals surface area (Å²) < 4.78 is 16.1. The summed E-state index contributed by atoms with van der Waals surface area (Å²) in [6.07, 6.45) is 0. The van der Waals surface area contributed by atoms with Crippen LogP contribution in [0.3, 0.4) is 0 Å². The van der Waals surface area contributed by atoms with Gasteiger partial charge in [-0.2, -0.15) is 0 Å². The number of benzene rings is 2. The van der Waals surface area contributed by atoms with Crippen molar-refractivity contribution >= 4 is 23.6 Å². The monoisotopic (exact) mass is 437 g/mol. The van der Waals surface area contributed by atoms with Crippen LogP contribution < -0.4 is 20.1 Å². The van der Waals surface area contributed by atoms with E-state index in [1.165, 1.54) is 12.0 Å². The lowest BCUT2D eigenvalue weighted by molar-refractivity contribution is -0.136. The van der Waals surface area contributed by atoms with Gasteiger partial charge in [0, 0.05) is 5.56 Å². The average molecular weight is 437 g/mol. The number of nitrogens with zero attached hydrogens (tertiary/aromatic N) is 1. The SMILES string of the molecule is CCOc1ccccc1[C@H]1NC(=O)N(CC(=O)Nc2ccccc2OC)C2=C1C(=O)OC2. The van der Waals surface area contributed by atoms with Gasteiger partial charge in [0.15, 0.2) is 0 Å². The molecule has 0 radical (unpaired) electrons. The predicted molar refractivity (Wildman–Crippen MR) is 115 cm³/mol. The molecular formula is C23H23N3O6. The molecule has 2 aliphatic heterocycles. The average Bonchev–Trinajstić information content (AvgIpc) is 3.18. The minimum atomic E-state index is -0.733. The Balaban J connectivity index is 1.62.